The van der Waals surface area contributed by atoms with Gasteiger partial charge in [-0.2, -0.15) is 0 Å². The third-order valence-corrected chi connectivity index (χ3v) is 4.12. The molecule has 96 valence electrons. The van der Waals surface area contributed by atoms with Crippen LogP contribution >= 0.6 is 0 Å². The van der Waals surface area contributed by atoms with Crippen LogP contribution in [0.2, 0.25) is 12.1 Å². The highest BCUT2D eigenvalue weighted by molar-refractivity contribution is 6.38. The molecule has 0 nitrogen and oxygen atoms in total. The fraction of sp³-hybridized carbons (Fsp3) is 1.00. The van der Waals surface area contributed by atoms with Crippen LogP contribution in [0.3, 0.4) is 0 Å². The second-order valence-corrected chi connectivity index (χ2v) is 5.79. The smallest absolute Gasteiger partial charge is 0.0889 e. The lowest BCUT2D eigenvalue weighted by Crippen LogP contribution is -2.14. The fourth-order valence-electron chi connectivity index (χ4n) is 2.44. The van der Waals surface area contributed by atoms with Crippen LogP contribution in [0.25, 0.3) is 0 Å². The minimum atomic E-state index is 0.640. The van der Waals surface area contributed by atoms with Crippen molar-refractivity contribution in [2.75, 3.05) is 0 Å². The van der Waals surface area contributed by atoms with E-state index in [1.807, 2.05) is 0 Å². The van der Waals surface area contributed by atoms with Gasteiger partial charge in [0.15, 0.2) is 0 Å². The highest BCUT2D eigenvalue weighted by atomic mass is 14.2. The zero-order chi connectivity index (χ0) is 12.3. The molecule has 1 atom stereocenters. The number of hydrogen-bond acceptors (Lipinski definition) is 0. The highest BCUT2D eigenvalue weighted by Crippen LogP contribution is 2.37. The zero-order valence-electron chi connectivity index (χ0n) is 12.3. The molecule has 0 amide bonds. The van der Waals surface area contributed by atoms with E-state index in [1.54, 1.807) is 0 Å². The molecule has 0 aromatic carbocycles. The predicted octanol–water partition coefficient (Wildman–Crippen LogP) is 5.59. The van der Waals surface area contributed by atoms with Crippen LogP contribution in [0, 0.1) is 0 Å². The Bertz CT molecular complexity index is 144. The summed E-state index contributed by atoms with van der Waals surface area (Å²) in [6.07, 6.45) is 14.3. The SMILES string of the molecule is CBC(C)(CCCCC)CCCCCCC. The monoisotopic (exact) mass is 224 g/mol. The van der Waals surface area contributed by atoms with Crippen molar-refractivity contribution in [1.29, 1.82) is 0 Å². The second-order valence-electron chi connectivity index (χ2n) is 5.79. The first-order chi connectivity index (χ1) is 7.68. The molecule has 0 rings (SSSR count). The average Bonchev–Trinajstić information content (AvgIpc) is 2.29. The van der Waals surface area contributed by atoms with E-state index < -0.39 is 0 Å². The van der Waals surface area contributed by atoms with E-state index >= 15 is 0 Å². The van der Waals surface area contributed by atoms with Gasteiger partial charge < -0.3 is 0 Å². The van der Waals surface area contributed by atoms with Crippen LogP contribution < -0.4 is 0 Å². The van der Waals surface area contributed by atoms with Gasteiger partial charge in [-0.15, -0.1) is 0 Å². The summed E-state index contributed by atoms with van der Waals surface area (Å²) < 4.78 is 0. The molecule has 0 heterocycles. The molecule has 0 bridgehead atoms. The highest BCUT2D eigenvalue weighted by Gasteiger charge is 2.21. The Kier molecular flexibility index (Phi) is 10.3. The average molecular weight is 224 g/mol. The second kappa shape index (κ2) is 10.2. The minimum Gasteiger partial charge on any atom is -0.0889 e. The Hall–Kier alpha value is 0.0649. The maximum absolute atomic E-state index is 2.50. The van der Waals surface area contributed by atoms with E-state index in [4.69, 9.17) is 0 Å². The summed E-state index contributed by atoms with van der Waals surface area (Å²) in [5.41, 5.74) is 0. The van der Waals surface area contributed by atoms with Gasteiger partial charge in [-0.3, -0.25) is 0 Å². The molecule has 0 aliphatic rings. The third-order valence-electron chi connectivity index (χ3n) is 4.12. The van der Waals surface area contributed by atoms with Crippen LogP contribution in [0.1, 0.15) is 85.0 Å². The van der Waals surface area contributed by atoms with Crippen molar-refractivity contribution >= 4 is 7.28 Å². The van der Waals surface area contributed by atoms with Crippen LogP contribution in [0.15, 0.2) is 0 Å². The van der Waals surface area contributed by atoms with Crippen molar-refractivity contribution in [3.05, 3.63) is 0 Å². The van der Waals surface area contributed by atoms with Gasteiger partial charge >= 0.3 is 0 Å². The molecule has 16 heavy (non-hydrogen) atoms. The molecule has 0 aliphatic heterocycles. The van der Waals surface area contributed by atoms with Gasteiger partial charge in [0.05, 0.1) is 0 Å². The van der Waals surface area contributed by atoms with Gasteiger partial charge in [-0.25, -0.2) is 0 Å². The Balaban J connectivity index is 3.61. The lowest BCUT2D eigenvalue weighted by atomic mass is 9.51. The normalized spacial score (nSPS) is 14.8. The Morgan fingerprint density at radius 2 is 1.19 bits per heavy atom. The Labute approximate surface area is 105 Å². The molecule has 0 aromatic rings. The quantitative estimate of drug-likeness (QED) is 0.317. The van der Waals surface area contributed by atoms with E-state index in [1.165, 1.54) is 71.5 Å². The molecular weight excluding hydrogens is 191 g/mol. The molecule has 0 saturated carbocycles. The van der Waals surface area contributed by atoms with Crippen molar-refractivity contribution in [2.24, 2.45) is 0 Å². The molecule has 1 heteroatoms. The largest absolute Gasteiger partial charge is 0.124 e. The van der Waals surface area contributed by atoms with Crippen molar-refractivity contribution in [2.45, 2.75) is 97.1 Å². The van der Waals surface area contributed by atoms with E-state index in [0.29, 0.717) is 5.31 Å². The third kappa shape index (κ3) is 8.24. The number of hydrogen-bond donors (Lipinski definition) is 0. The van der Waals surface area contributed by atoms with Gasteiger partial charge in [-0.1, -0.05) is 97.1 Å². The first kappa shape index (κ1) is 16.1. The van der Waals surface area contributed by atoms with Crippen LogP contribution in [0.4, 0.5) is 0 Å². The summed E-state index contributed by atoms with van der Waals surface area (Å²) in [7, 11) is 1.37. The van der Waals surface area contributed by atoms with Gasteiger partial charge in [0.1, 0.15) is 7.28 Å². The maximum Gasteiger partial charge on any atom is 0.124 e. The van der Waals surface area contributed by atoms with E-state index in [9.17, 15) is 0 Å². The molecule has 0 aliphatic carbocycles. The molecule has 0 spiro atoms. The zero-order valence-corrected chi connectivity index (χ0v) is 12.3. The molecule has 1 unspecified atom stereocenters. The number of rotatable bonds is 11. The van der Waals surface area contributed by atoms with Gasteiger partial charge in [0, 0.05) is 0 Å². The number of unbranched alkanes of at least 4 members (excludes halogenated alkanes) is 6. The molecule has 0 fully saturated rings. The fourth-order valence-corrected chi connectivity index (χ4v) is 2.44. The topological polar surface area (TPSA) is 0 Å². The van der Waals surface area contributed by atoms with E-state index in [2.05, 4.69) is 27.6 Å². The molecule has 0 saturated heterocycles. The summed E-state index contributed by atoms with van der Waals surface area (Å²) >= 11 is 0. The molecule has 0 N–H and O–H groups in total. The summed E-state index contributed by atoms with van der Waals surface area (Å²) in [4.78, 5) is 0. The van der Waals surface area contributed by atoms with Gasteiger partial charge in [0.2, 0.25) is 0 Å². The maximum atomic E-state index is 2.50. The summed E-state index contributed by atoms with van der Waals surface area (Å²) in [5.74, 6) is 0. The van der Waals surface area contributed by atoms with Crippen molar-refractivity contribution < 1.29 is 0 Å². The molecule has 0 radical (unpaired) electrons. The Morgan fingerprint density at radius 1 is 0.750 bits per heavy atom. The van der Waals surface area contributed by atoms with Gasteiger partial charge in [0.25, 0.3) is 0 Å². The van der Waals surface area contributed by atoms with Crippen molar-refractivity contribution in [3.63, 3.8) is 0 Å². The lowest BCUT2D eigenvalue weighted by molar-refractivity contribution is 0.452. The van der Waals surface area contributed by atoms with Crippen molar-refractivity contribution in [1.82, 2.24) is 0 Å². The summed E-state index contributed by atoms with van der Waals surface area (Å²) in [6, 6.07) is 0. The van der Waals surface area contributed by atoms with Crippen molar-refractivity contribution in [3.8, 4) is 0 Å². The molecular formula is C15H33B. The first-order valence-electron chi connectivity index (χ1n) is 7.68. The predicted molar refractivity (Wildman–Crippen MR) is 78.9 cm³/mol. The standard InChI is InChI=1S/C15H33B/c1-5-7-9-10-12-14-15(3,16-4)13-11-8-6-2/h16H,5-14H2,1-4H3. The Morgan fingerprint density at radius 3 is 1.69 bits per heavy atom. The summed E-state index contributed by atoms with van der Waals surface area (Å²) in [5, 5.41) is 0.640. The van der Waals surface area contributed by atoms with E-state index in [-0.39, 0.29) is 0 Å². The first-order valence-corrected chi connectivity index (χ1v) is 7.68. The van der Waals surface area contributed by atoms with Crippen LogP contribution in [0.5, 0.6) is 0 Å². The molecule has 0 aromatic heterocycles. The lowest BCUT2D eigenvalue weighted by Gasteiger charge is -2.27. The van der Waals surface area contributed by atoms with E-state index in [0.717, 1.165) is 0 Å². The van der Waals surface area contributed by atoms with Crippen LogP contribution in [-0.4, -0.2) is 7.28 Å². The summed E-state index contributed by atoms with van der Waals surface area (Å²) in [6.45, 7) is 9.47. The van der Waals surface area contributed by atoms with Crippen LogP contribution in [-0.2, 0) is 0 Å². The minimum absolute atomic E-state index is 0.640. The van der Waals surface area contributed by atoms with Gasteiger partial charge in [-0.05, 0) is 0 Å².